The summed E-state index contributed by atoms with van der Waals surface area (Å²) in [7, 11) is 0. The Kier molecular flexibility index (Phi) is 3.61. The molecule has 3 rings (SSSR count). The second kappa shape index (κ2) is 5.72. The molecular weight excluding hydrogens is 291 g/mol. The lowest BCUT2D eigenvalue weighted by Gasteiger charge is -2.05. The van der Waals surface area contributed by atoms with Crippen LogP contribution in [0.3, 0.4) is 0 Å². The summed E-state index contributed by atoms with van der Waals surface area (Å²) in [5.41, 5.74) is 6.10. The third-order valence-electron chi connectivity index (χ3n) is 2.91. The van der Waals surface area contributed by atoms with Gasteiger partial charge in [0, 0.05) is 11.8 Å². The van der Waals surface area contributed by atoms with Crippen molar-refractivity contribution < 1.29 is 22.9 Å². The van der Waals surface area contributed by atoms with Crippen LogP contribution < -0.4 is 5.73 Å². The molecular formula is C15H11FN2O4. The molecule has 0 radical (unpaired) electrons. The Hall–Kier alpha value is -3.09. The summed E-state index contributed by atoms with van der Waals surface area (Å²) in [4.78, 5) is 11.9. The molecule has 0 unspecified atom stereocenters. The fourth-order valence-corrected chi connectivity index (χ4v) is 1.85. The van der Waals surface area contributed by atoms with Crippen molar-refractivity contribution in [2.24, 2.45) is 0 Å². The van der Waals surface area contributed by atoms with Crippen molar-refractivity contribution >= 4 is 11.7 Å². The van der Waals surface area contributed by atoms with E-state index in [9.17, 15) is 9.18 Å². The maximum atomic E-state index is 12.9. The molecule has 3 aromatic rings. The Morgan fingerprint density at radius 3 is 2.86 bits per heavy atom. The fraction of sp³-hybridized carbons (Fsp3) is 0.0667. The van der Waals surface area contributed by atoms with Crippen molar-refractivity contribution in [1.29, 1.82) is 0 Å². The molecule has 0 aliphatic rings. The molecule has 7 heteroatoms. The van der Waals surface area contributed by atoms with Gasteiger partial charge < -0.3 is 19.4 Å². The van der Waals surface area contributed by atoms with Gasteiger partial charge in [-0.2, -0.15) is 0 Å². The van der Waals surface area contributed by atoms with Crippen LogP contribution in [0, 0.1) is 5.82 Å². The average molecular weight is 302 g/mol. The summed E-state index contributed by atoms with van der Waals surface area (Å²) in [5.74, 6) is -0.237. The lowest BCUT2D eigenvalue weighted by atomic mass is 10.2. The minimum Gasteiger partial charge on any atom is -0.461 e. The zero-order valence-electron chi connectivity index (χ0n) is 11.3. The van der Waals surface area contributed by atoms with Crippen molar-refractivity contribution in [3.8, 4) is 11.5 Å². The van der Waals surface area contributed by atoms with Crippen LogP contribution in [0.25, 0.3) is 11.5 Å². The predicted octanol–water partition coefficient (Wildman–Crippen LogP) is 3.01. The third kappa shape index (κ3) is 2.83. The van der Waals surface area contributed by atoms with Crippen molar-refractivity contribution in [3.05, 3.63) is 59.7 Å². The second-order valence-electron chi connectivity index (χ2n) is 4.47. The Bertz CT molecular complexity index is 796. The molecule has 2 heterocycles. The van der Waals surface area contributed by atoms with Crippen LogP contribution in [0.2, 0.25) is 0 Å². The van der Waals surface area contributed by atoms with E-state index in [1.165, 1.54) is 12.3 Å². The van der Waals surface area contributed by atoms with Crippen molar-refractivity contribution in [3.63, 3.8) is 0 Å². The highest BCUT2D eigenvalue weighted by molar-refractivity contribution is 5.94. The summed E-state index contributed by atoms with van der Waals surface area (Å²) in [6.45, 7) is -0.0974. The van der Waals surface area contributed by atoms with Crippen LogP contribution in [-0.2, 0) is 11.3 Å². The molecule has 1 aromatic carbocycles. The average Bonchev–Trinajstić information content (AvgIpc) is 3.16. The SMILES string of the molecule is Nc1cc(F)ccc1C(=O)OCc1cc(-c2ccco2)on1. The van der Waals surface area contributed by atoms with Crippen LogP contribution in [0.1, 0.15) is 16.1 Å². The normalized spacial score (nSPS) is 10.6. The molecule has 22 heavy (non-hydrogen) atoms. The van der Waals surface area contributed by atoms with Crippen molar-refractivity contribution in [1.82, 2.24) is 5.16 Å². The quantitative estimate of drug-likeness (QED) is 0.588. The fourth-order valence-electron chi connectivity index (χ4n) is 1.85. The first-order valence-corrected chi connectivity index (χ1v) is 6.35. The van der Waals surface area contributed by atoms with E-state index in [4.69, 9.17) is 19.4 Å². The molecule has 0 aliphatic carbocycles. The first kappa shape index (κ1) is 13.9. The number of carbonyl (C=O) groups is 1. The number of benzene rings is 1. The first-order valence-electron chi connectivity index (χ1n) is 6.35. The van der Waals surface area contributed by atoms with E-state index in [-0.39, 0.29) is 17.9 Å². The van der Waals surface area contributed by atoms with Gasteiger partial charge >= 0.3 is 5.97 Å². The van der Waals surface area contributed by atoms with Gasteiger partial charge in [0.2, 0.25) is 5.76 Å². The number of aromatic nitrogens is 1. The molecule has 0 spiro atoms. The van der Waals surface area contributed by atoms with E-state index in [1.807, 2.05) is 0 Å². The number of nitrogens with zero attached hydrogens (tertiary/aromatic N) is 1. The number of anilines is 1. The molecule has 2 N–H and O–H groups in total. The van der Waals surface area contributed by atoms with Crippen LogP contribution in [0.4, 0.5) is 10.1 Å². The molecule has 6 nitrogen and oxygen atoms in total. The number of carbonyl (C=O) groups excluding carboxylic acids is 1. The van der Waals surface area contributed by atoms with Gasteiger partial charge in [0.05, 0.1) is 11.8 Å². The number of esters is 1. The summed E-state index contributed by atoms with van der Waals surface area (Å²) in [6, 6.07) is 8.49. The number of hydrogen-bond acceptors (Lipinski definition) is 6. The lowest BCUT2D eigenvalue weighted by molar-refractivity contribution is 0.0465. The first-order chi connectivity index (χ1) is 10.6. The molecule has 0 atom stereocenters. The molecule has 0 aliphatic heterocycles. The maximum Gasteiger partial charge on any atom is 0.340 e. The number of nitrogens with two attached hydrogens (primary N) is 1. The number of rotatable bonds is 4. The number of nitrogen functional groups attached to an aromatic ring is 1. The molecule has 0 bridgehead atoms. The van der Waals surface area contributed by atoms with Gasteiger partial charge in [-0.25, -0.2) is 9.18 Å². The molecule has 0 saturated carbocycles. The van der Waals surface area contributed by atoms with Crippen LogP contribution in [0.15, 0.2) is 51.6 Å². The number of halogens is 1. The standard InChI is InChI=1S/C15H11FN2O4/c16-9-3-4-11(12(17)6-9)15(19)21-8-10-7-14(22-18-10)13-2-1-5-20-13/h1-7H,8,17H2. The molecule has 0 amide bonds. The Morgan fingerprint density at radius 2 is 2.14 bits per heavy atom. The monoisotopic (exact) mass is 302 g/mol. The highest BCUT2D eigenvalue weighted by atomic mass is 19.1. The Labute approximate surface area is 124 Å². The summed E-state index contributed by atoms with van der Waals surface area (Å²) < 4.78 is 28.2. The predicted molar refractivity (Wildman–Crippen MR) is 74.1 cm³/mol. The van der Waals surface area contributed by atoms with E-state index in [0.29, 0.717) is 17.2 Å². The van der Waals surface area contributed by atoms with Gasteiger partial charge in [-0.15, -0.1) is 0 Å². The maximum absolute atomic E-state index is 12.9. The van der Waals surface area contributed by atoms with E-state index >= 15 is 0 Å². The molecule has 0 saturated heterocycles. The van der Waals surface area contributed by atoms with Crippen LogP contribution in [-0.4, -0.2) is 11.1 Å². The van der Waals surface area contributed by atoms with Crippen molar-refractivity contribution in [2.75, 3.05) is 5.73 Å². The highest BCUT2D eigenvalue weighted by Gasteiger charge is 2.14. The van der Waals surface area contributed by atoms with Crippen LogP contribution >= 0.6 is 0 Å². The van der Waals surface area contributed by atoms with E-state index in [1.54, 1.807) is 18.2 Å². The smallest absolute Gasteiger partial charge is 0.340 e. The van der Waals surface area contributed by atoms with Gasteiger partial charge in [0.25, 0.3) is 0 Å². The van der Waals surface area contributed by atoms with Gasteiger partial charge in [-0.05, 0) is 30.3 Å². The lowest BCUT2D eigenvalue weighted by Crippen LogP contribution is -2.08. The highest BCUT2D eigenvalue weighted by Crippen LogP contribution is 2.21. The molecule has 0 fully saturated rings. The zero-order chi connectivity index (χ0) is 15.5. The summed E-state index contributed by atoms with van der Waals surface area (Å²) in [6.07, 6.45) is 1.51. The largest absolute Gasteiger partial charge is 0.461 e. The third-order valence-corrected chi connectivity index (χ3v) is 2.91. The number of furan rings is 1. The topological polar surface area (TPSA) is 91.5 Å². The molecule has 112 valence electrons. The molecule has 2 aromatic heterocycles. The number of hydrogen-bond donors (Lipinski definition) is 1. The Balaban J connectivity index is 1.66. The minimum atomic E-state index is -0.667. The van der Waals surface area contributed by atoms with E-state index in [0.717, 1.165) is 12.1 Å². The van der Waals surface area contributed by atoms with Gasteiger partial charge in [-0.1, -0.05) is 5.16 Å². The second-order valence-corrected chi connectivity index (χ2v) is 4.47. The Morgan fingerprint density at radius 1 is 1.27 bits per heavy atom. The van der Waals surface area contributed by atoms with Gasteiger partial charge in [0.1, 0.15) is 18.1 Å². The van der Waals surface area contributed by atoms with E-state index < -0.39 is 11.8 Å². The summed E-state index contributed by atoms with van der Waals surface area (Å²) >= 11 is 0. The number of ether oxygens (including phenoxy) is 1. The minimum absolute atomic E-state index is 0.0152. The van der Waals surface area contributed by atoms with Crippen molar-refractivity contribution in [2.45, 2.75) is 6.61 Å². The van der Waals surface area contributed by atoms with Gasteiger partial charge in [0.15, 0.2) is 5.76 Å². The zero-order valence-corrected chi connectivity index (χ0v) is 11.3. The summed E-state index contributed by atoms with van der Waals surface area (Å²) in [5, 5.41) is 3.77. The van der Waals surface area contributed by atoms with Gasteiger partial charge in [-0.3, -0.25) is 0 Å². The van der Waals surface area contributed by atoms with E-state index in [2.05, 4.69) is 5.16 Å². The van der Waals surface area contributed by atoms with Crippen LogP contribution in [0.5, 0.6) is 0 Å².